The SMILES string of the molecule is CCCNC(CCc1cccc(Cl)c1)C(C)(C)C. The maximum absolute atomic E-state index is 6.02. The van der Waals surface area contributed by atoms with Crippen LogP contribution in [0, 0.1) is 5.41 Å². The van der Waals surface area contributed by atoms with Crippen molar-refractivity contribution in [1.82, 2.24) is 5.32 Å². The van der Waals surface area contributed by atoms with Crippen molar-refractivity contribution >= 4 is 11.6 Å². The zero-order chi connectivity index (χ0) is 13.6. The van der Waals surface area contributed by atoms with Crippen LogP contribution in [0.25, 0.3) is 0 Å². The van der Waals surface area contributed by atoms with E-state index in [1.165, 1.54) is 12.0 Å². The Morgan fingerprint density at radius 2 is 2.00 bits per heavy atom. The molecule has 1 N–H and O–H groups in total. The molecule has 0 aromatic heterocycles. The summed E-state index contributed by atoms with van der Waals surface area (Å²) in [6.07, 6.45) is 3.42. The number of aryl methyl sites for hydroxylation is 1. The van der Waals surface area contributed by atoms with E-state index >= 15 is 0 Å². The summed E-state index contributed by atoms with van der Waals surface area (Å²) >= 11 is 6.02. The quantitative estimate of drug-likeness (QED) is 0.789. The van der Waals surface area contributed by atoms with Crippen LogP contribution in [0.4, 0.5) is 0 Å². The summed E-state index contributed by atoms with van der Waals surface area (Å²) in [5, 5.41) is 4.50. The number of halogens is 1. The van der Waals surface area contributed by atoms with Gasteiger partial charge in [-0.25, -0.2) is 0 Å². The van der Waals surface area contributed by atoms with Gasteiger partial charge in [0.05, 0.1) is 0 Å². The van der Waals surface area contributed by atoms with E-state index in [9.17, 15) is 0 Å². The second kappa shape index (κ2) is 7.16. The number of hydrogen-bond acceptors (Lipinski definition) is 1. The molecule has 0 fully saturated rings. The molecule has 0 saturated heterocycles. The van der Waals surface area contributed by atoms with Crippen LogP contribution in [-0.4, -0.2) is 12.6 Å². The molecule has 0 radical (unpaired) electrons. The van der Waals surface area contributed by atoms with Crippen molar-refractivity contribution in [3.05, 3.63) is 34.9 Å². The minimum Gasteiger partial charge on any atom is -0.313 e. The summed E-state index contributed by atoms with van der Waals surface area (Å²) in [7, 11) is 0. The Morgan fingerprint density at radius 3 is 2.56 bits per heavy atom. The first kappa shape index (κ1) is 15.5. The molecule has 0 aliphatic heterocycles. The van der Waals surface area contributed by atoms with Gasteiger partial charge in [-0.3, -0.25) is 0 Å². The predicted molar refractivity (Wildman–Crippen MR) is 81.3 cm³/mol. The lowest BCUT2D eigenvalue weighted by atomic mass is 9.83. The first-order chi connectivity index (χ1) is 8.43. The smallest absolute Gasteiger partial charge is 0.0408 e. The van der Waals surface area contributed by atoms with Crippen molar-refractivity contribution in [3.8, 4) is 0 Å². The highest BCUT2D eigenvalue weighted by molar-refractivity contribution is 6.30. The van der Waals surface area contributed by atoms with Gasteiger partial charge in [-0.05, 0) is 48.9 Å². The van der Waals surface area contributed by atoms with Crippen LogP contribution < -0.4 is 5.32 Å². The van der Waals surface area contributed by atoms with Crippen molar-refractivity contribution in [1.29, 1.82) is 0 Å². The Morgan fingerprint density at radius 1 is 1.28 bits per heavy atom. The second-order valence-electron chi connectivity index (χ2n) is 6.04. The highest BCUT2D eigenvalue weighted by atomic mass is 35.5. The van der Waals surface area contributed by atoms with E-state index in [2.05, 4.69) is 45.1 Å². The summed E-state index contributed by atoms with van der Waals surface area (Å²) in [5.74, 6) is 0. The van der Waals surface area contributed by atoms with Gasteiger partial charge < -0.3 is 5.32 Å². The van der Waals surface area contributed by atoms with E-state index in [1.54, 1.807) is 0 Å². The average Bonchev–Trinajstić information content (AvgIpc) is 2.27. The third kappa shape index (κ3) is 5.41. The van der Waals surface area contributed by atoms with Crippen LogP contribution >= 0.6 is 11.6 Å². The molecule has 1 unspecified atom stereocenters. The van der Waals surface area contributed by atoms with E-state index in [0.717, 1.165) is 24.4 Å². The summed E-state index contributed by atoms with van der Waals surface area (Å²) < 4.78 is 0. The van der Waals surface area contributed by atoms with Crippen molar-refractivity contribution in [2.75, 3.05) is 6.54 Å². The molecule has 0 aliphatic carbocycles. The lowest BCUT2D eigenvalue weighted by molar-refractivity contribution is 0.255. The third-order valence-corrected chi connectivity index (χ3v) is 3.53. The first-order valence-corrected chi connectivity index (χ1v) is 7.29. The molecule has 1 atom stereocenters. The topological polar surface area (TPSA) is 12.0 Å². The molecule has 2 heteroatoms. The van der Waals surface area contributed by atoms with Gasteiger partial charge >= 0.3 is 0 Å². The Bertz CT molecular complexity index is 354. The fourth-order valence-corrected chi connectivity index (χ4v) is 2.38. The molecular weight excluding hydrogens is 242 g/mol. The lowest BCUT2D eigenvalue weighted by Gasteiger charge is -2.32. The van der Waals surface area contributed by atoms with Crippen LogP contribution in [0.3, 0.4) is 0 Å². The molecule has 102 valence electrons. The monoisotopic (exact) mass is 267 g/mol. The molecule has 1 aromatic rings. The maximum atomic E-state index is 6.02. The summed E-state index contributed by atoms with van der Waals surface area (Å²) in [6, 6.07) is 8.74. The van der Waals surface area contributed by atoms with E-state index in [1.807, 2.05) is 12.1 Å². The molecule has 1 rings (SSSR count). The summed E-state index contributed by atoms with van der Waals surface area (Å²) in [6.45, 7) is 10.2. The van der Waals surface area contributed by atoms with Gasteiger partial charge in [0.2, 0.25) is 0 Å². The van der Waals surface area contributed by atoms with Crippen molar-refractivity contribution in [2.24, 2.45) is 5.41 Å². The third-order valence-electron chi connectivity index (χ3n) is 3.30. The van der Waals surface area contributed by atoms with Gasteiger partial charge in [0.1, 0.15) is 0 Å². The summed E-state index contributed by atoms with van der Waals surface area (Å²) in [5.41, 5.74) is 1.63. The lowest BCUT2D eigenvalue weighted by Crippen LogP contribution is -2.41. The molecule has 0 aliphatic rings. The van der Waals surface area contributed by atoms with Crippen molar-refractivity contribution in [3.63, 3.8) is 0 Å². The van der Waals surface area contributed by atoms with E-state index in [-0.39, 0.29) is 0 Å². The minimum absolute atomic E-state index is 0.299. The highest BCUT2D eigenvalue weighted by Gasteiger charge is 2.23. The molecule has 0 heterocycles. The van der Waals surface area contributed by atoms with Crippen LogP contribution in [0.2, 0.25) is 5.02 Å². The van der Waals surface area contributed by atoms with Gasteiger partial charge in [-0.1, -0.05) is 51.4 Å². The standard InChI is InChI=1S/C16H26ClN/c1-5-11-18-15(16(2,3)4)10-9-13-7-6-8-14(17)12-13/h6-8,12,15,18H,5,9-11H2,1-4H3. The fourth-order valence-electron chi connectivity index (χ4n) is 2.16. The number of rotatable bonds is 6. The molecule has 0 bridgehead atoms. The predicted octanol–water partition coefficient (Wildman–Crippen LogP) is 4.69. The molecule has 18 heavy (non-hydrogen) atoms. The number of benzene rings is 1. The highest BCUT2D eigenvalue weighted by Crippen LogP contribution is 2.24. The van der Waals surface area contributed by atoms with E-state index in [4.69, 9.17) is 11.6 Å². The van der Waals surface area contributed by atoms with Crippen LogP contribution in [0.1, 0.15) is 46.1 Å². The van der Waals surface area contributed by atoms with Crippen molar-refractivity contribution in [2.45, 2.75) is 53.0 Å². The Hall–Kier alpha value is -0.530. The zero-order valence-corrected chi connectivity index (χ0v) is 12.8. The van der Waals surface area contributed by atoms with E-state index < -0.39 is 0 Å². The molecule has 0 saturated carbocycles. The maximum Gasteiger partial charge on any atom is 0.0408 e. The van der Waals surface area contributed by atoms with Crippen molar-refractivity contribution < 1.29 is 0 Å². The van der Waals surface area contributed by atoms with Gasteiger partial charge in [0, 0.05) is 11.1 Å². The Labute approximate surface area is 117 Å². The van der Waals surface area contributed by atoms with Gasteiger partial charge in [-0.2, -0.15) is 0 Å². The van der Waals surface area contributed by atoms with Gasteiger partial charge in [0.25, 0.3) is 0 Å². The number of hydrogen-bond donors (Lipinski definition) is 1. The Balaban J connectivity index is 2.56. The van der Waals surface area contributed by atoms with Gasteiger partial charge in [-0.15, -0.1) is 0 Å². The van der Waals surface area contributed by atoms with Crippen LogP contribution in [0.5, 0.6) is 0 Å². The largest absolute Gasteiger partial charge is 0.313 e. The average molecular weight is 268 g/mol. The first-order valence-electron chi connectivity index (χ1n) is 6.91. The van der Waals surface area contributed by atoms with Crippen LogP contribution in [-0.2, 0) is 6.42 Å². The molecule has 1 aromatic carbocycles. The molecular formula is C16H26ClN. The fraction of sp³-hybridized carbons (Fsp3) is 0.625. The normalized spacial score (nSPS) is 13.6. The van der Waals surface area contributed by atoms with E-state index in [0.29, 0.717) is 11.5 Å². The Kier molecular flexibility index (Phi) is 6.17. The number of nitrogens with one attached hydrogen (secondary N) is 1. The second-order valence-corrected chi connectivity index (χ2v) is 6.48. The molecule has 0 spiro atoms. The molecule has 0 amide bonds. The zero-order valence-electron chi connectivity index (χ0n) is 12.1. The summed E-state index contributed by atoms with van der Waals surface area (Å²) in [4.78, 5) is 0. The minimum atomic E-state index is 0.299. The van der Waals surface area contributed by atoms with Gasteiger partial charge in [0.15, 0.2) is 0 Å². The van der Waals surface area contributed by atoms with Crippen LogP contribution in [0.15, 0.2) is 24.3 Å². The molecule has 1 nitrogen and oxygen atoms in total.